The number of benzene rings is 1. The van der Waals surface area contributed by atoms with Crippen LogP contribution in [0, 0.1) is 5.92 Å². The average Bonchev–Trinajstić information content (AvgIpc) is 3.35. The maximum absolute atomic E-state index is 12.5. The summed E-state index contributed by atoms with van der Waals surface area (Å²) >= 11 is 0. The van der Waals surface area contributed by atoms with Crippen molar-refractivity contribution in [3.05, 3.63) is 54.6 Å². The van der Waals surface area contributed by atoms with Crippen LogP contribution < -0.4 is 10.6 Å². The first-order valence-electron chi connectivity index (χ1n) is 8.78. The van der Waals surface area contributed by atoms with Gasteiger partial charge >= 0.3 is 6.18 Å². The molecule has 1 unspecified atom stereocenters. The molecule has 10 heteroatoms. The molecular weight excluding hydrogens is 387 g/mol. The highest BCUT2D eigenvalue weighted by Crippen LogP contribution is 2.31. The van der Waals surface area contributed by atoms with Gasteiger partial charge in [0.2, 0.25) is 12.3 Å². The SMILES string of the molecule is CC1CCNC1=O.FC(F)(F)c1ccc(Nc2cccnc2-c2nnco2)cc1. The van der Waals surface area contributed by atoms with Gasteiger partial charge in [-0.1, -0.05) is 6.92 Å². The summed E-state index contributed by atoms with van der Waals surface area (Å²) in [5, 5.41) is 13.1. The van der Waals surface area contributed by atoms with E-state index in [0.717, 1.165) is 25.1 Å². The van der Waals surface area contributed by atoms with Crippen LogP contribution in [-0.2, 0) is 11.0 Å². The van der Waals surface area contributed by atoms with Crippen LogP contribution in [0.5, 0.6) is 0 Å². The Hall–Kier alpha value is -3.43. The fourth-order valence-electron chi connectivity index (χ4n) is 2.57. The van der Waals surface area contributed by atoms with Crippen LogP contribution in [0.2, 0.25) is 0 Å². The highest BCUT2D eigenvalue weighted by Gasteiger charge is 2.30. The van der Waals surface area contributed by atoms with E-state index < -0.39 is 11.7 Å². The molecule has 2 N–H and O–H groups in total. The molecular formula is C19H18F3N5O2. The van der Waals surface area contributed by atoms with Crippen LogP contribution in [0.15, 0.2) is 53.4 Å². The van der Waals surface area contributed by atoms with Gasteiger partial charge in [-0.05, 0) is 42.8 Å². The molecule has 0 aliphatic carbocycles. The first-order chi connectivity index (χ1) is 13.8. The number of alkyl halides is 3. The van der Waals surface area contributed by atoms with E-state index in [1.54, 1.807) is 18.3 Å². The lowest BCUT2D eigenvalue weighted by atomic mass is 10.1. The topological polar surface area (TPSA) is 92.9 Å². The largest absolute Gasteiger partial charge is 0.422 e. The molecule has 0 radical (unpaired) electrons. The van der Waals surface area contributed by atoms with E-state index in [2.05, 4.69) is 25.8 Å². The second-order valence-corrected chi connectivity index (χ2v) is 6.32. The minimum Gasteiger partial charge on any atom is -0.422 e. The van der Waals surface area contributed by atoms with Crippen LogP contribution in [-0.4, -0.2) is 27.6 Å². The summed E-state index contributed by atoms with van der Waals surface area (Å²) in [5.74, 6) is 0.690. The number of nitrogens with one attached hydrogen (secondary N) is 2. The summed E-state index contributed by atoms with van der Waals surface area (Å²) in [6.45, 7) is 2.82. The molecule has 1 aromatic carbocycles. The predicted molar refractivity (Wildman–Crippen MR) is 99.0 cm³/mol. The van der Waals surface area contributed by atoms with E-state index in [-0.39, 0.29) is 17.7 Å². The van der Waals surface area contributed by atoms with E-state index in [0.29, 0.717) is 17.1 Å². The molecule has 152 valence electrons. The van der Waals surface area contributed by atoms with Crippen LogP contribution >= 0.6 is 0 Å². The minimum atomic E-state index is -4.36. The molecule has 0 saturated carbocycles. The van der Waals surface area contributed by atoms with Crippen molar-refractivity contribution in [1.82, 2.24) is 20.5 Å². The van der Waals surface area contributed by atoms with Gasteiger partial charge in [0.1, 0.15) is 0 Å². The van der Waals surface area contributed by atoms with Gasteiger partial charge in [0.15, 0.2) is 5.69 Å². The van der Waals surface area contributed by atoms with Gasteiger partial charge in [0, 0.05) is 24.3 Å². The number of amides is 1. The van der Waals surface area contributed by atoms with Crippen molar-refractivity contribution >= 4 is 17.3 Å². The number of anilines is 2. The van der Waals surface area contributed by atoms with Crippen LogP contribution in [0.3, 0.4) is 0 Å². The van der Waals surface area contributed by atoms with E-state index in [1.807, 2.05) is 6.92 Å². The second-order valence-electron chi connectivity index (χ2n) is 6.32. The molecule has 3 heterocycles. The van der Waals surface area contributed by atoms with E-state index in [4.69, 9.17) is 4.42 Å². The monoisotopic (exact) mass is 405 g/mol. The van der Waals surface area contributed by atoms with Gasteiger partial charge in [-0.15, -0.1) is 10.2 Å². The van der Waals surface area contributed by atoms with Gasteiger partial charge in [-0.3, -0.25) is 4.79 Å². The Morgan fingerprint density at radius 1 is 1.21 bits per heavy atom. The average molecular weight is 405 g/mol. The van der Waals surface area contributed by atoms with Crippen molar-refractivity contribution < 1.29 is 22.4 Å². The van der Waals surface area contributed by atoms with Gasteiger partial charge < -0.3 is 15.1 Å². The Morgan fingerprint density at radius 3 is 2.48 bits per heavy atom. The number of halogens is 3. The summed E-state index contributed by atoms with van der Waals surface area (Å²) in [6, 6.07) is 8.09. The Balaban J connectivity index is 0.000000290. The molecule has 3 aromatic rings. The lowest BCUT2D eigenvalue weighted by Crippen LogP contribution is -2.16. The standard InChI is InChI=1S/C14H9F3N4O.C5H9NO/c15-14(16,17)9-3-5-10(6-4-9)20-11-2-1-7-18-12(11)13-21-19-8-22-13;1-4-2-3-6-5(4)7/h1-8,20H;4H,2-3H2,1H3,(H,6,7). The van der Waals surface area contributed by atoms with Crippen molar-refractivity contribution in [2.75, 3.05) is 11.9 Å². The molecule has 1 aliphatic heterocycles. The lowest BCUT2D eigenvalue weighted by Gasteiger charge is -2.11. The Labute approximate surface area is 164 Å². The number of nitrogens with zero attached hydrogens (tertiary/aromatic N) is 3. The summed E-state index contributed by atoms with van der Waals surface area (Å²) < 4.78 is 42.7. The lowest BCUT2D eigenvalue weighted by molar-refractivity contribution is -0.137. The fourth-order valence-corrected chi connectivity index (χ4v) is 2.57. The first-order valence-corrected chi connectivity index (χ1v) is 8.78. The zero-order valence-electron chi connectivity index (χ0n) is 15.4. The van der Waals surface area contributed by atoms with Gasteiger partial charge in [0.05, 0.1) is 11.3 Å². The minimum absolute atomic E-state index is 0.208. The maximum atomic E-state index is 12.5. The molecule has 1 atom stereocenters. The molecule has 0 spiro atoms. The number of pyridine rings is 1. The van der Waals surface area contributed by atoms with E-state index in [9.17, 15) is 18.0 Å². The molecule has 1 saturated heterocycles. The van der Waals surface area contributed by atoms with Gasteiger partial charge in [-0.2, -0.15) is 13.2 Å². The summed E-state index contributed by atoms with van der Waals surface area (Å²) in [4.78, 5) is 14.6. The van der Waals surface area contributed by atoms with Crippen molar-refractivity contribution in [2.45, 2.75) is 19.5 Å². The number of hydrogen-bond acceptors (Lipinski definition) is 6. The van der Waals surface area contributed by atoms with E-state index in [1.165, 1.54) is 18.5 Å². The molecule has 4 rings (SSSR count). The number of aromatic nitrogens is 3. The van der Waals surface area contributed by atoms with Crippen molar-refractivity contribution in [3.8, 4) is 11.6 Å². The molecule has 1 fully saturated rings. The van der Waals surface area contributed by atoms with Crippen LogP contribution in [0.25, 0.3) is 11.6 Å². The smallest absolute Gasteiger partial charge is 0.416 e. The Kier molecular flexibility index (Phi) is 6.10. The van der Waals surface area contributed by atoms with Crippen molar-refractivity contribution in [3.63, 3.8) is 0 Å². The van der Waals surface area contributed by atoms with Crippen molar-refractivity contribution in [1.29, 1.82) is 0 Å². The molecule has 29 heavy (non-hydrogen) atoms. The number of hydrogen-bond donors (Lipinski definition) is 2. The fraction of sp³-hybridized carbons (Fsp3) is 0.263. The quantitative estimate of drug-likeness (QED) is 0.683. The molecule has 2 aromatic heterocycles. The normalized spacial score (nSPS) is 16.0. The van der Waals surface area contributed by atoms with Crippen LogP contribution in [0.1, 0.15) is 18.9 Å². The number of carbonyl (C=O) groups is 1. The second kappa shape index (κ2) is 8.72. The number of carbonyl (C=O) groups excluding carboxylic acids is 1. The molecule has 0 bridgehead atoms. The Bertz CT molecular complexity index is 943. The van der Waals surface area contributed by atoms with E-state index >= 15 is 0 Å². The highest BCUT2D eigenvalue weighted by atomic mass is 19.4. The van der Waals surface area contributed by atoms with Gasteiger partial charge in [0.25, 0.3) is 5.89 Å². The molecule has 7 nitrogen and oxygen atoms in total. The third-order valence-electron chi connectivity index (χ3n) is 4.19. The third kappa shape index (κ3) is 5.31. The summed E-state index contributed by atoms with van der Waals surface area (Å²) in [5.41, 5.74) is 0.745. The van der Waals surface area contributed by atoms with Gasteiger partial charge in [-0.25, -0.2) is 4.98 Å². The number of rotatable bonds is 3. The first kappa shape index (κ1) is 20.3. The maximum Gasteiger partial charge on any atom is 0.416 e. The zero-order valence-corrected chi connectivity index (χ0v) is 15.4. The van der Waals surface area contributed by atoms with Crippen molar-refractivity contribution in [2.24, 2.45) is 5.92 Å². The summed E-state index contributed by atoms with van der Waals surface area (Å²) in [6.07, 6.45) is -0.621. The van der Waals surface area contributed by atoms with Crippen LogP contribution in [0.4, 0.5) is 24.5 Å². The zero-order chi connectivity index (χ0) is 20.9. The predicted octanol–water partition coefficient (Wildman–Crippen LogP) is 4.04. The molecule has 1 amide bonds. The Morgan fingerprint density at radius 2 is 1.97 bits per heavy atom. The third-order valence-corrected chi connectivity index (χ3v) is 4.19. The molecule has 1 aliphatic rings. The summed E-state index contributed by atoms with van der Waals surface area (Å²) in [7, 11) is 0. The highest BCUT2D eigenvalue weighted by molar-refractivity contribution is 5.80.